The van der Waals surface area contributed by atoms with Crippen molar-refractivity contribution in [2.75, 3.05) is 0 Å². The van der Waals surface area contributed by atoms with Crippen molar-refractivity contribution >= 4 is 23.2 Å². The molecule has 64 valence electrons. The van der Waals surface area contributed by atoms with Crippen LogP contribution in [0, 0.1) is 0 Å². The second kappa shape index (κ2) is 6.28. The largest absolute Gasteiger partial charge is 2.00 e. The van der Waals surface area contributed by atoms with Gasteiger partial charge in [-0.3, -0.25) is 0 Å². The van der Waals surface area contributed by atoms with Crippen LogP contribution in [-0.4, -0.2) is 0 Å². The molecule has 0 spiro atoms. The molecule has 1 aliphatic rings. The maximum atomic E-state index is 5.86. The fraction of sp³-hybridized carbons (Fsp3) is 0.500. The van der Waals surface area contributed by atoms with Gasteiger partial charge in [0.1, 0.15) is 0 Å². The van der Waals surface area contributed by atoms with Gasteiger partial charge in [0.25, 0.3) is 0 Å². The minimum absolute atomic E-state index is 0. The van der Waals surface area contributed by atoms with Crippen molar-refractivity contribution in [2.45, 2.75) is 25.7 Å². The molecule has 0 aliphatic heterocycles. The van der Waals surface area contributed by atoms with E-state index in [0.717, 1.165) is 35.7 Å². The molecule has 0 atom stereocenters. The number of allylic oxidation sites excluding steroid dienone is 4. The summed E-state index contributed by atoms with van der Waals surface area (Å²) in [4.78, 5) is 0. The molecule has 0 saturated heterocycles. The van der Waals surface area contributed by atoms with E-state index in [-0.39, 0.29) is 21.1 Å². The first-order chi connectivity index (χ1) is 4.80. The quantitative estimate of drug-likeness (QED) is 0.568. The van der Waals surface area contributed by atoms with Crippen LogP contribution in [0.1, 0.15) is 25.7 Å². The molecule has 0 aromatic heterocycles. The second-order valence-corrected chi connectivity index (χ2v) is 3.27. The number of rotatable bonds is 0. The zero-order chi connectivity index (χ0) is 7.40. The average molecular weight is 372 g/mol. The third kappa shape index (κ3) is 4.35. The average Bonchev–Trinajstić information content (AvgIpc) is 1.92. The fourth-order valence-electron chi connectivity index (χ4n) is 0.927. The molecule has 0 nitrogen and oxygen atoms in total. The Kier molecular flexibility index (Phi) is 6.71. The molecule has 0 fully saturated rings. The van der Waals surface area contributed by atoms with E-state index in [9.17, 15) is 0 Å². The van der Waals surface area contributed by atoms with E-state index >= 15 is 0 Å². The summed E-state index contributed by atoms with van der Waals surface area (Å²) in [5.41, 5.74) is 0. The van der Waals surface area contributed by atoms with Gasteiger partial charge in [0.2, 0.25) is 0 Å². The zero-order valence-electron chi connectivity index (χ0n) is 6.06. The molecule has 0 N–H and O–H groups in total. The molecule has 3 heteroatoms. The monoisotopic (exact) mass is 371 g/mol. The Balaban J connectivity index is 0.000001000. The van der Waals surface area contributed by atoms with E-state index in [0.29, 0.717) is 0 Å². The van der Waals surface area contributed by atoms with Gasteiger partial charge < -0.3 is 0 Å². The smallest absolute Gasteiger partial charge is 0.0882 e. The summed E-state index contributed by atoms with van der Waals surface area (Å²) in [6.07, 6.45) is 8.16. The summed E-state index contributed by atoms with van der Waals surface area (Å²) in [5.74, 6) is 0. The molecule has 0 bridgehead atoms. The second-order valence-electron chi connectivity index (χ2n) is 2.36. The molecule has 0 aromatic carbocycles. The molecule has 0 unspecified atom stereocenters. The molecule has 0 saturated carbocycles. The predicted molar refractivity (Wildman–Crippen MR) is 46.3 cm³/mol. The third-order valence-corrected chi connectivity index (χ3v) is 2.45. The Bertz CT molecular complexity index is 155. The van der Waals surface area contributed by atoms with E-state index in [1.165, 1.54) is 0 Å². The van der Waals surface area contributed by atoms with Gasteiger partial charge in [-0.15, -0.1) is 0 Å². The van der Waals surface area contributed by atoms with Crippen molar-refractivity contribution in [3.8, 4) is 0 Å². The van der Waals surface area contributed by atoms with Gasteiger partial charge >= 0.3 is 21.1 Å². The summed E-state index contributed by atoms with van der Waals surface area (Å²) in [5, 5.41) is 1.68. The van der Waals surface area contributed by atoms with Crippen molar-refractivity contribution in [1.82, 2.24) is 0 Å². The molecular weight excluding hydrogens is 362 g/mol. The number of hydrogen-bond acceptors (Lipinski definition) is 0. The fourth-order valence-corrected chi connectivity index (χ4v) is 1.33. The molecule has 11 heavy (non-hydrogen) atoms. The summed E-state index contributed by atoms with van der Waals surface area (Å²) >= 11 is 11.7. The van der Waals surface area contributed by atoms with Crippen LogP contribution >= 0.6 is 23.2 Å². The molecular formula is C8H10Cl2Pt+2. The van der Waals surface area contributed by atoms with Crippen molar-refractivity contribution in [3.63, 3.8) is 0 Å². The van der Waals surface area contributed by atoms with Crippen LogP contribution in [0.15, 0.2) is 22.2 Å². The number of halogens is 2. The summed E-state index contributed by atoms with van der Waals surface area (Å²) < 4.78 is 0. The van der Waals surface area contributed by atoms with E-state index in [1.807, 2.05) is 0 Å². The molecule has 1 rings (SSSR count). The van der Waals surface area contributed by atoms with Gasteiger partial charge in [0.15, 0.2) is 0 Å². The van der Waals surface area contributed by atoms with Gasteiger partial charge in [-0.1, -0.05) is 35.4 Å². The van der Waals surface area contributed by atoms with Crippen LogP contribution in [0.5, 0.6) is 0 Å². The summed E-state index contributed by atoms with van der Waals surface area (Å²) in [6, 6.07) is 0. The first kappa shape index (κ1) is 11.7. The van der Waals surface area contributed by atoms with Crippen LogP contribution in [0.4, 0.5) is 0 Å². The molecule has 1 aliphatic carbocycles. The first-order valence-corrected chi connectivity index (χ1v) is 4.24. The molecule has 0 heterocycles. The Morgan fingerprint density at radius 3 is 1.64 bits per heavy atom. The van der Waals surface area contributed by atoms with Gasteiger partial charge in [0.05, 0.1) is 0 Å². The van der Waals surface area contributed by atoms with Crippen LogP contribution in [0.2, 0.25) is 0 Å². The van der Waals surface area contributed by atoms with Crippen molar-refractivity contribution < 1.29 is 21.1 Å². The SMILES string of the molecule is Cl/C1=C(\Cl)CC/C=C\CC1.[Pt+2]. The minimum Gasteiger partial charge on any atom is -0.0882 e. The Morgan fingerprint density at radius 2 is 1.27 bits per heavy atom. The normalized spacial score (nSPS) is 28.2. The summed E-state index contributed by atoms with van der Waals surface area (Å²) in [7, 11) is 0. The molecule has 0 aromatic rings. The van der Waals surface area contributed by atoms with E-state index in [1.54, 1.807) is 0 Å². The van der Waals surface area contributed by atoms with E-state index in [2.05, 4.69) is 12.2 Å². The maximum Gasteiger partial charge on any atom is 2.00 e. The minimum atomic E-state index is 0. The van der Waals surface area contributed by atoms with Crippen LogP contribution in [0.3, 0.4) is 0 Å². The van der Waals surface area contributed by atoms with Gasteiger partial charge in [0, 0.05) is 10.1 Å². The number of hydrogen-bond donors (Lipinski definition) is 0. The van der Waals surface area contributed by atoms with Crippen molar-refractivity contribution in [1.29, 1.82) is 0 Å². The van der Waals surface area contributed by atoms with Gasteiger partial charge in [-0.05, 0) is 25.7 Å². The van der Waals surface area contributed by atoms with Crippen LogP contribution in [-0.2, 0) is 21.1 Å². The van der Waals surface area contributed by atoms with Crippen molar-refractivity contribution in [2.24, 2.45) is 0 Å². The van der Waals surface area contributed by atoms with Gasteiger partial charge in [-0.25, -0.2) is 0 Å². The predicted octanol–water partition coefficient (Wildman–Crippen LogP) is 3.80. The summed E-state index contributed by atoms with van der Waals surface area (Å²) in [6.45, 7) is 0. The zero-order valence-corrected chi connectivity index (χ0v) is 9.84. The molecule has 0 amide bonds. The first-order valence-electron chi connectivity index (χ1n) is 3.48. The topological polar surface area (TPSA) is 0 Å². The Labute approximate surface area is 91.9 Å². The van der Waals surface area contributed by atoms with Crippen molar-refractivity contribution in [3.05, 3.63) is 22.2 Å². The Hall–Kier alpha value is 0.748. The van der Waals surface area contributed by atoms with E-state index in [4.69, 9.17) is 23.2 Å². The third-order valence-electron chi connectivity index (χ3n) is 1.52. The van der Waals surface area contributed by atoms with E-state index < -0.39 is 0 Å². The molecule has 0 radical (unpaired) electrons. The maximum absolute atomic E-state index is 5.86. The Morgan fingerprint density at radius 1 is 0.909 bits per heavy atom. The van der Waals surface area contributed by atoms with Gasteiger partial charge in [-0.2, -0.15) is 0 Å². The standard InChI is InChI=1S/C8H10Cl2.Pt/c9-7-5-3-1-2-4-6-8(7)10;/h1-2H,3-6H2;/q;+2/b2-1-,8-7-;. The van der Waals surface area contributed by atoms with Crippen LogP contribution < -0.4 is 0 Å². The van der Waals surface area contributed by atoms with Crippen LogP contribution in [0.25, 0.3) is 0 Å².